The summed E-state index contributed by atoms with van der Waals surface area (Å²) in [6.07, 6.45) is 2.97. The molecule has 0 bridgehead atoms. The molecule has 0 spiro atoms. The van der Waals surface area contributed by atoms with Crippen LogP contribution in [0.2, 0.25) is 0 Å². The first kappa shape index (κ1) is 18.5. The molecule has 146 valence electrons. The Kier molecular flexibility index (Phi) is 5.07. The molecule has 28 heavy (non-hydrogen) atoms. The van der Waals surface area contributed by atoms with Crippen molar-refractivity contribution in [2.24, 2.45) is 11.8 Å². The average molecular weight is 378 g/mol. The van der Waals surface area contributed by atoms with Gasteiger partial charge in [0, 0.05) is 32.6 Å². The van der Waals surface area contributed by atoms with E-state index in [1.165, 1.54) is 0 Å². The highest BCUT2D eigenvalue weighted by Crippen LogP contribution is 2.33. The lowest BCUT2D eigenvalue weighted by molar-refractivity contribution is -0.131. The molecule has 0 radical (unpaired) electrons. The molecule has 2 aliphatic rings. The molecule has 1 saturated carbocycles. The van der Waals surface area contributed by atoms with E-state index in [2.05, 4.69) is 0 Å². The van der Waals surface area contributed by atoms with Gasteiger partial charge in [0.05, 0.1) is 5.56 Å². The van der Waals surface area contributed by atoms with Crippen molar-refractivity contribution >= 4 is 11.8 Å². The first-order valence-corrected chi connectivity index (χ1v) is 9.95. The molecule has 0 aromatic heterocycles. The van der Waals surface area contributed by atoms with Crippen LogP contribution < -0.4 is 0 Å². The van der Waals surface area contributed by atoms with Crippen molar-refractivity contribution in [1.82, 2.24) is 9.80 Å². The number of phenolic OH excluding ortho intramolecular Hbond substituents is 1. The highest BCUT2D eigenvalue weighted by molar-refractivity contribution is 5.97. The third-order valence-corrected chi connectivity index (χ3v) is 5.74. The van der Waals surface area contributed by atoms with Crippen LogP contribution in [0.3, 0.4) is 0 Å². The maximum Gasteiger partial charge on any atom is 0.257 e. The lowest BCUT2D eigenvalue weighted by Crippen LogP contribution is -2.34. The van der Waals surface area contributed by atoms with E-state index in [9.17, 15) is 14.7 Å². The third kappa shape index (κ3) is 3.88. The Hall–Kier alpha value is -2.82. The lowest BCUT2D eigenvalue weighted by atomic mass is 10.0. The molecule has 1 aliphatic heterocycles. The second kappa shape index (κ2) is 7.66. The van der Waals surface area contributed by atoms with Crippen molar-refractivity contribution in [3.63, 3.8) is 0 Å². The average Bonchev–Trinajstić information content (AvgIpc) is 3.46. The van der Waals surface area contributed by atoms with Crippen molar-refractivity contribution in [3.05, 3.63) is 54.1 Å². The van der Waals surface area contributed by atoms with Crippen LogP contribution in [-0.2, 0) is 4.79 Å². The topological polar surface area (TPSA) is 60.9 Å². The Morgan fingerprint density at radius 1 is 1.07 bits per heavy atom. The summed E-state index contributed by atoms with van der Waals surface area (Å²) < 4.78 is 0. The number of carbonyl (C=O) groups is 2. The van der Waals surface area contributed by atoms with Gasteiger partial charge in [-0.25, -0.2) is 0 Å². The molecule has 5 nitrogen and oxygen atoms in total. The van der Waals surface area contributed by atoms with Gasteiger partial charge >= 0.3 is 0 Å². The number of likely N-dealkylation sites (tertiary alicyclic amines) is 1. The number of hydrogen-bond acceptors (Lipinski definition) is 3. The van der Waals surface area contributed by atoms with E-state index in [1.807, 2.05) is 41.3 Å². The molecule has 4 rings (SSSR count). The Morgan fingerprint density at radius 2 is 1.82 bits per heavy atom. The van der Waals surface area contributed by atoms with Crippen molar-refractivity contribution in [2.45, 2.75) is 19.3 Å². The fourth-order valence-electron chi connectivity index (χ4n) is 3.97. The maximum atomic E-state index is 12.8. The monoisotopic (exact) mass is 378 g/mol. The summed E-state index contributed by atoms with van der Waals surface area (Å²) in [4.78, 5) is 28.6. The molecule has 2 aromatic carbocycles. The van der Waals surface area contributed by atoms with Gasteiger partial charge in [-0.1, -0.05) is 36.4 Å². The van der Waals surface area contributed by atoms with Crippen LogP contribution in [0.25, 0.3) is 11.1 Å². The van der Waals surface area contributed by atoms with Crippen LogP contribution in [-0.4, -0.2) is 53.4 Å². The zero-order valence-corrected chi connectivity index (χ0v) is 16.2. The first-order valence-electron chi connectivity index (χ1n) is 9.95. The van der Waals surface area contributed by atoms with E-state index in [-0.39, 0.29) is 23.5 Å². The van der Waals surface area contributed by atoms with E-state index in [0.717, 1.165) is 43.5 Å². The zero-order valence-electron chi connectivity index (χ0n) is 16.2. The molecule has 1 atom stereocenters. The minimum atomic E-state index is -0.191. The van der Waals surface area contributed by atoms with Crippen LogP contribution in [0.5, 0.6) is 5.75 Å². The summed E-state index contributed by atoms with van der Waals surface area (Å²) >= 11 is 0. The molecule has 2 aromatic rings. The largest absolute Gasteiger partial charge is 0.507 e. The van der Waals surface area contributed by atoms with Crippen LogP contribution in [0, 0.1) is 11.8 Å². The van der Waals surface area contributed by atoms with Crippen molar-refractivity contribution < 1.29 is 14.7 Å². The first-order chi connectivity index (χ1) is 13.5. The molecule has 1 aliphatic carbocycles. The summed E-state index contributed by atoms with van der Waals surface area (Å²) in [5.74, 6) is 0.630. The van der Waals surface area contributed by atoms with E-state index in [0.29, 0.717) is 18.0 Å². The smallest absolute Gasteiger partial charge is 0.257 e. The highest BCUT2D eigenvalue weighted by atomic mass is 16.3. The summed E-state index contributed by atoms with van der Waals surface area (Å²) in [7, 11) is 1.76. The molecular weight excluding hydrogens is 352 g/mol. The van der Waals surface area contributed by atoms with Crippen LogP contribution >= 0.6 is 0 Å². The SMILES string of the molecule is CN(C[C@@H]1CCN(C(=O)C2CC2)C1)C(=O)c1ccc(-c2ccccc2)cc1O. The molecular formula is C23H26N2O3. The molecule has 2 fully saturated rings. The number of aromatic hydroxyl groups is 1. The Labute approximate surface area is 165 Å². The number of carbonyl (C=O) groups excluding carboxylic acids is 2. The zero-order chi connectivity index (χ0) is 19.7. The second-order valence-corrected chi connectivity index (χ2v) is 8.00. The summed E-state index contributed by atoms with van der Waals surface area (Å²) in [6.45, 7) is 2.11. The summed E-state index contributed by atoms with van der Waals surface area (Å²) in [5, 5.41) is 10.4. The van der Waals surface area contributed by atoms with Crippen molar-refractivity contribution in [3.8, 4) is 16.9 Å². The fraction of sp³-hybridized carbons (Fsp3) is 0.391. The van der Waals surface area contributed by atoms with Crippen LogP contribution in [0.4, 0.5) is 0 Å². The predicted octanol–water partition coefficient (Wildman–Crippen LogP) is 3.39. The van der Waals surface area contributed by atoms with Gasteiger partial charge in [0.15, 0.2) is 0 Å². The highest BCUT2D eigenvalue weighted by Gasteiger charge is 2.37. The number of benzene rings is 2. The molecule has 2 amide bonds. The van der Waals surface area contributed by atoms with Gasteiger partial charge in [0.2, 0.25) is 5.91 Å². The minimum Gasteiger partial charge on any atom is -0.507 e. The minimum absolute atomic E-state index is 0.00448. The third-order valence-electron chi connectivity index (χ3n) is 5.74. The predicted molar refractivity (Wildman–Crippen MR) is 108 cm³/mol. The van der Waals surface area contributed by atoms with Gasteiger partial charge in [0.1, 0.15) is 5.75 Å². The summed E-state index contributed by atoms with van der Waals surface area (Å²) in [5.41, 5.74) is 2.19. The van der Waals surface area contributed by atoms with E-state index < -0.39 is 0 Å². The quantitative estimate of drug-likeness (QED) is 0.868. The van der Waals surface area contributed by atoms with E-state index >= 15 is 0 Å². The van der Waals surface area contributed by atoms with Gasteiger partial charge in [-0.05, 0) is 48.4 Å². The fourth-order valence-corrected chi connectivity index (χ4v) is 3.97. The number of rotatable bonds is 5. The van der Waals surface area contributed by atoms with Crippen molar-refractivity contribution in [1.29, 1.82) is 0 Å². The van der Waals surface area contributed by atoms with Gasteiger partial charge in [0.25, 0.3) is 5.91 Å². The van der Waals surface area contributed by atoms with Crippen molar-refractivity contribution in [2.75, 3.05) is 26.7 Å². The molecule has 1 heterocycles. The molecule has 1 saturated heterocycles. The molecule has 1 N–H and O–H groups in total. The molecule has 0 unspecified atom stereocenters. The lowest BCUT2D eigenvalue weighted by Gasteiger charge is -2.22. The number of phenols is 1. The number of nitrogens with zero attached hydrogens (tertiary/aromatic N) is 2. The van der Waals surface area contributed by atoms with E-state index in [1.54, 1.807) is 24.1 Å². The van der Waals surface area contributed by atoms with Gasteiger partial charge in [-0.3, -0.25) is 9.59 Å². The maximum absolute atomic E-state index is 12.8. The van der Waals surface area contributed by atoms with Crippen LogP contribution in [0.1, 0.15) is 29.6 Å². The Balaban J connectivity index is 1.39. The molecule has 5 heteroatoms. The second-order valence-electron chi connectivity index (χ2n) is 8.00. The standard InChI is InChI=1S/C23H26N2O3/c1-24(14-16-11-12-25(15-16)22(27)18-7-8-18)23(28)20-10-9-19(13-21(20)26)17-5-3-2-4-6-17/h2-6,9-10,13,16,18,26H,7-8,11-12,14-15H2,1H3/t16-/m0/s1. The normalized spacial score (nSPS) is 18.9. The van der Waals surface area contributed by atoms with Crippen LogP contribution in [0.15, 0.2) is 48.5 Å². The van der Waals surface area contributed by atoms with Gasteiger partial charge in [-0.15, -0.1) is 0 Å². The number of hydrogen-bond donors (Lipinski definition) is 1. The Morgan fingerprint density at radius 3 is 2.50 bits per heavy atom. The van der Waals surface area contributed by atoms with Gasteiger partial charge < -0.3 is 14.9 Å². The van der Waals surface area contributed by atoms with Gasteiger partial charge in [-0.2, -0.15) is 0 Å². The Bertz CT molecular complexity index is 877. The number of amides is 2. The van der Waals surface area contributed by atoms with E-state index in [4.69, 9.17) is 0 Å². The summed E-state index contributed by atoms with van der Waals surface area (Å²) in [6, 6.07) is 15.0.